The van der Waals surface area contributed by atoms with Crippen molar-refractivity contribution in [3.05, 3.63) is 28.4 Å². The number of carbonyl (C=O) groups is 3. The van der Waals surface area contributed by atoms with E-state index < -0.39 is 23.2 Å². The highest BCUT2D eigenvalue weighted by Gasteiger charge is 2.26. The zero-order valence-corrected chi connectivity index (χ0v) is 20.3. The van der Waals surface area contributed by atoms with Crippen molar-refractivity contribution in [1.29, 1.82) is 0 Å². The molecule has 24 heavy (non-hydrogen) atoms. The van der Waals surface area contributed by atoms with Crippen molar-refractivity contribution in [3.63, 3.8) is 0 Å². The van der Waals surface area contributed by atoms with Crippen LogP contribution in [0, 0.1) is 10.7 Å². The standard InChI is InChI=1S/C14H10Cl2I3NO4/c1-4(15)7-9(17)8(13(16)22)11(19)12(10(7)18)20-14(23)5(2)24-6(3)21/h5H,1H2,2-3H3,(H,20,23)/t5-/m0/s1. The van der Waals surface area contributed by atoms with E-state index in [4.69, 9.17) is 27.9 Å². The second kappa shape index (κ2) is 9.33. The lowest BCUT2D eigenvalue weighted by Crippen LogP contribution is -2.30. The molecule has 0 heterocycles. The van der Waals surface area contributed by atoms with Gasteiger partial charge in [-0.3, -0.25) is 14.4 Å². The first-order valence-electron chi connectivity index (χ1n) is 6.22. The van der Waals surface area contributed by atoms with Crippen molar-refractivity contribution >= 4 is 119 Å². The van der Waals surface area contributed by atoms with Crippen LogP contribution in [0.5, 0.6) is 0 Å². The molecule has 0 spiro atoms. The number of hydrogen-bond acceptors (Lipinski definition) is 4. The van der Waals surface area contributed by atoms with Crippen LogP contribution < -0.4 is 5.32 Å². The van der Waals surface area contributed by atoms with Gasteiger partial charge in [-0.1, -0.05) is 18.2 Å². The van der Waals surface area contributed by atoms with Crippen LogP contribution in [0.1, 0.15) is 29.8 Å². The van der Waals surface area contributed by atoms with Crippen molar-refractivity contribution in [2.24, 2.45) is 0 Å². The summed E-state index contributed by atoms with van der Waals surface area (Å²) in [5.41, 5.74) is 1.10. The number of amides is 1. The number of hydrogen-bond donors (Lipinski definition) is 1. The van der Waals surface area contributed by atoms with Crippen LogP contribution in [-0.4, -0.2) is 23.2 Å². The molecule has 0 aromatic heterocycles. The van der Waals surface area contributed by atoms with E-state index in [-0.39, 0.29) is 10.6 Å². The summed E-state index contributed by atoms with van der Waals surface area (Å²) in [6, 6.07) is 0. The first-order valence-corrected chi connectivity index (χ1v) is 10.2. The lowest BCUT2D eigenvalue weighted by molar-refractivity contribution is -0.150. The predicted molar refractivity (Wildman–Crippen MR) is 120 cm³/mol. The summed E-state index contributed by atoms with van der Waals surface area (Å²) in [6.45, 7) is 6.34. The fourth-order valence-electron chi connectivity index (χ4n) is 1.71. The maximum atomic E-state index is 12.2. The number of carbonyl (C=O) groups excluding carboxylic acids is 3. The molecule has 130 valence electrons. The van der Waals surface area contributed by atoms with E-state index in [1.807, 2.05) is 67.8 Å². The molecule has 0 saturated heterocycles. The van der Waals surface area contributed by atoms with Gasteiger partial charge in [-0.05, 0) is 86.3 Å². The van der Waals surface area contributed by atoms with Crippen LogP contribution in [0.4, 0.5) is 5.69 Å². The maximum Gasteiger partial charge on any atom is 0.303 e. The first kappa shape index (κ1) is 22.4. The summed E-state index contributed by atoms with van der Waals surface area (Å²) in [5.74, 6) is -1.11. The average molecular weight is 708 g/mol. The normalized spacial score (nSPS) is 11.6. The van der Waals surface area contributed by atoms with E-state index in [1.165, 1.54) is 13.8 Å². The minimum absolute atomic E-state index is 0.211. The van der Waals surface area contributed by atoms with Crippen molar-refractivity contribution in [2.45, 2.75) is 20.0 Å². The number of benzene rings is 1. The molecule has 0 bridgehead atoms. The van der Waals surface area contributed by atoms with Gasteiger partial charge in [0.1, 0.15) is 0 Å². The van der Waals surface area contributed by atoms with E-state index in [0.29, 0.717) is 22.0 Å². The largest absolute Gasteiger partial charge is 0.453 e. The Morgan fingerprint density at radius 1 is 1.08 bits per heavy atom. The molecule has 1 aromatic carbocycles. The number of nitrogens with one attached hydrogen (secondary N) is 1. The molecule has 1 amide bonds. The Hall–Kier alpha value is 0.340. The van der Waals surface area contributed by atoms with Crippen LogP contribution in [0.15, 0.2) is 6.58 Å². The zero-order chi connectivity index (χ0) is 18.8. The number of anilines is 1. The molecule has 0 aliphatic carbocycles. The third kappa shape index (κ3) is 5.17. The summed E-state index contributed by atoms with van der Waals surface area (Å²) in [7, 11) is 0. The zero-order valence-electron chi connectivity index (χ0n) is 12.3. The lowest BCUT2D eigenvalue weighted by Gasteiger charge is -2.19. The summed E-state index contributed by atoms with van der Waals surface area (Å²) in [6.07, 6.45) is -0.994. The van der Waals surface area contributed by atoms with Gasteiger partial charge < -0.3 is 10.1 Å². The van der Waals surface area contributed by atoms with Crippen LogP contribution in [0.2, 0.25) is 0 Å². The topological polar surface area (TPSA) is 72.5 Å². The smallest absolute Gasteiger partial charge is 0.303 e. The van der Waals surface area contributed by atoms with Gasteiger partial charge in [0.15, 0.2) is 6.10 Å². The van der Waals surface area contributed by atoms with Crippen LogP contribution >= 0.6 is 91.0 Å². The molecule has 0 unspecified atom stereocenters. The van der Waals surface area contributed by atoms with Crippen molar-refractivity contribution < 1.29 is 19.1 Å². The van der Waals surface area contributed by atoms with Gasteiger partial charge >= 0.3 is 5.97 Å². The van der Waals surface area contributed by atoms with E-state index in [2.05, 4.69) is 11.9 Å². The average Bonchev–Trinajstić information content (AvgIpc) is 2.41. The van der Waals surface area contributed by atoms with Gasteiger partial charge in [0.05, 0.1) is 14.8 Å². The van der Waals surface area contributed by atoms with Crippen molar-refractivity contribution in [1.82, 2.24) is 0 Å². The molecule has 0 saturated carbocycles. The van der Waals surface area contributed by atoms with Crippen LogP contribution in [-0.2, 0) is 14.3 Å². The highest BCUT2D eigenvalue weighted by atomic mass is 127. The minimum atomic E-state index is -0.994. The maximum absolute atomic E-state index is 12.2. The van der Waals surface area contributed by atoms with E-state index in [1.54, 1.807) is 0 Å². The van der Waals surface area contributed by atoms with Crippen molar-refractivity contribution in [3.8, 4) is 0 Å². The van der Waals surface area contributed by atoms with Gasteiger partial charge in [-0.15, -0.1) is 0 Å². The Balaban J connectivity index is 3.48. The van der Waals surface area contributed by atoms with E-state index >= 15 is 0 Å². The number of halogens is 5. The summed E-state index contributed by atoms with van der Waals surface area (Å²) in [5, 5.41) is 2.19. The third-order valence-electron chi connectivity index (χ3n) is 2.74. The molecule has 10 heteroatoms. The summed E-state index contributed by atoms with van der Waals surface area (Å²) < 4.78 is 6.47. The Kier molecular flexibility index (Phi) is 8.70. The number of esters is 1. The van der Waals surface area contributed by atoms with Gasteiger partial charge in [-0.25, -0.2) is 0 Å². The second-order valence-electron chi connectivity index (χ2n) is 4.49. The van der Waals surface area contributed by atoms with Gasteiger partial charge in [0.2, 0.25) is 0 Å². The molecule has 0 aliphatic heterocycles. The number of ether oxygens (including phenoxy) is 1. The Morgan fingerprint density at radius 3 is 2.00 bits per heavy atom. The van der Waals surface area contributed by atoms with E-state index in [0.717, 1.165) is 0 Å². The summed E-state index contributed by atoms with van der Waals surface area (Å²) >= 11 is 17.6. The van der Waals surface area contributed by atoms with Gasteiger partial charge in [0.25, 0.3) is 11.1 Å². The molecule has 5 nitrogen and oxygen atoms in total. The molecule has 1 rings (SSSR count). The Labute approximate surface area is 189 Å². The Morgan fingerprint density at radius 2 is 1.58 bits per heavy atom. The second-order valence-corrected chi connectivity index (χ2v) is 8.52. The molecule has 1 N–H and O–H groups in total. The van der Waals surface area contributed by atoms with Crippen LogP contribution in [0.25, 0.3) is 5.03 Å². The van der Waals surface area contributed by atoms with Crippen LogP contribution in [0.3, 0.4) is 0 Å². The minimum Gasteiger partial charge on any atom is -0.453 e. The first-order chi connectivity index (χ1) is 11.0. The molecule has 1 aromatic rings. The lowest BCUT2D eigenvalue weighted by atomic mass is 10.1. The fourth-order valence-corrected chi connectivity index (χ4v) is 7.30. The molecule has 0 aliphatic rings. The van der Waals surface area contributed by atoms with Crippen molar-refractivity contribution in [2.75, 3.05) is 5.32 Å². The highest BCUT2D eigenvalue weighted by Crippen LogP contribution is 2.40. The van der Waals surface area contributed by atoms with E-state index in [9.17, 15) is 14.4 Å². The summed E-state index contributed by atoms with van der Waals surface area (Å²) in [4.78, 5) is 35.0. The third-order valence-corrected chi connectivity index (χ3v) is 6.36. The quantitative estimate of drug-likeness (QED) is 0.267. The molecule has 0 fully saturated rings. The molecular weight excluding hydrogens is 698 g/mol. The number of rotatable bonds is 5. The SMILES string of the molecule is C=C(Cl)c1c(I)c(NC(=O)[C@H](C)OC(C)=O)c(I)c(C(=O)Cl)c1I. The monoisotopic (exact) mass is 707 g/mol. The molecule has 1 atom stereocenters. The highest BCUT2D eigenvalue weighted by molar-refractivity contribution is 14.1. The molecular formula is C14H10Cl2I3NO4. The fraction of sp³-hybridized carbons (Fsp3) is 0.214. The predicted octanol–water partition coefficient (Wildman–Crippen LogP) is 4.98. The molecule has 0 radical (unpaired) electrons. The van der Waals surface area contributed by atoms with Gasteiger partial charge in [-0.2, -0.15) is 0 Å². The van der Waals surface area contributed by atoms with Gasteiger partial charge in [0, 0.05) is 24.7 Å². The Bertz CT molecular complexity index is 711.